The van der Waals surface area contributed by atoms with Crippen LogP contribution in [0.2, 0.25) is 0 Å². The van der Waals surface area contributed by atoms with Crippen LogP contribution in [0.4, 0.5) is 0 Å². The normalized spacial score (nSPS) is 27.3. The molecule has 1 aliphatic rings. The molecule has 1 fully saturated rings. The lowest BCUT2D eigenvalue weighted by Gasteiger charge is -2.33. The third-order valence-electron chi connectivity index (χ3n) is 3.32. The predicted octanol–water partition coefficient (Wildman–Crippen LogP) is 1.64. The van der Waals surface area contributed by atoms with Crippen molar-refractivity contribution in [2.24, 2.45) is 17.1 Å². The van der Waals surface area contributed by atoms with Gasteiger partial charge in [-0.3, -0.25) is 0 Å². The standard InChI is InChI=1S/C12H23N3/c1-12(2,8-14)9-15-11-6-4-3-5-10(11)7-13/h10-11,15H,3-7,9,13H2,1-2H3. The van der Waals surface area contributed by atoms with Crippen LogP contribution in [0.1, 0.15) is 39.5 Å². The van der Waals surface area contributed by atoms with Crippen LogP contribution in [0.25, 0.3) is 0 Å². The van der Waals surface area contributed by atoms with Gasteiger partial charge in [0, 0.05) is 12.6 Å². The second-order valence-electron chi connectivity index (χ2n) is 5.26. The molecule has 1 saturated carbocycles. The summed E-state index contributed by atoms with van der Waals surface area (Å²) in [5.41, 5.74) is 5.49. The lowest BCUT2D eigenvalue weighted by Crippen LogP contribution is -2.45. The molecule has 2 unspecified atom stereocenters. The third kappa shape index (κ3) is 3.81. The Balaban J connectivity index is 2.39. The van der Waals surface area contributed by atoms with E-state index in [9.17, 15) is 0 Å². The molecule has 2 atom stereocenters. The fourth-order valence-electron chi connectivity index (χ4n) is 2.18. The van der Waals surface area contributed by atoms with Crippen LogP contribution in [0.5, 0.6) is 0 Å². The zero-order chi connectivity index (χ0) is 11.3. The Morgan fingerprint density at radius 3 is 2.67 bits per heavy atom. The summed E-state index contributed by atoms with van der Waals surface area (Å²) in [6.07, 6.45) is 5.05. The van der Waals surface area contributed by atoms with Crippen molar-refractivity contribution >= 4 is 0 Å². The lowest BCUT2D eigenvalue weighted by molar-refractivity contribution is 0.251. The second-order valence-corrected chi connectivity index (χ2v) is 5.26. The first kappa shape index (κ1) is 12.5. The largest absolute Gasteiger partial charge is 0.330 e. The zero-order valence-electron chi connectivity index (χ0n) is 9.92. The van der Waals surface area contributed by atoms with E-state index in [-0.39, 0.29) is 5.41 Å². The van der Waals surface area contributed by atoms with Gasteiger partial charge in [-0.1, -0.05) is 12.8 Å². The van der Waals surface area contributed by atoms with Gasteiger partial charge in [0.2, 0.25) is 0 Å². The molecule has 0 aromatic heterocycles. The van der Waals surface area contributed by atoms with Crippen LogP contribution in [0.15, 0.2) is 0 Å². The van der Waals surface area contributed by atoms with Gasteiger partial charge in [0.15, 0.2) is 0 Å². The van der Waals surface area contributed by atoms with Crippen LogP contribution in [-0.4, -0.2) is 19.1 Å². The fraction of sp³-hybridized carbons (Fsp3) is 0.917. The Hall–Kier alpha value is -0.590. The van der Waals surface area contributed by atoms with Crippen LogP contribution < -0.4 is 11.1 Å². The van der Waals surface area contributed by atoms with E-state index in [1.54, 1.807) is 0 Å². The Kier molecular flexibility index (Phi) is 4.56. The molecule has 3 nitrogen and oxygen atoms in total. The minimum atomic E-state index is -0.267. The average Bonchev–Trinajstić information content (AvgIpc) is 2.27. The second kappa shape index (κ2) is 5.48. The molecule has 0 heterocycles. The van der Waals surface area contributed by atoms with Gasteiger partial charge in [-0.25, -0.2) is 0 Å². The molecule has 3 heteroatoms. The van der Waals surface area contributed by atoms with Crippen molar-refractivity contribution in [2.75, 3.05) is 13.1 Å². The number of hydrogen-bond acceptors (Lipinski definition) is 3. The first-order valence-electron chi connectivity index (χ1n) is 5.94. The Labute approximate surface area is 93.0 Å². The molecule has 1 rings (SSSR count). The minimum Gasteiger partial charge on any atom is -0.330 e. The smallest absolute Gasteiger partial charge is 0.0697 e. The summed E-state index contributed by atoms with van der Waals surface area (Å²) in [4.78, 5) is 0. The number of nitrogens with zero attached hydrogens (tertiary/aromatic N) is 1. The Morgan fingerprint density at radius 2 is 2.07 bits per heavy atom. The zero-order valence-corrected chi connectivity index (χ0v) is 9.92. The number of nitrogens with one attached hydrogen (secondary N) is 1. The molecule has 0 saturated heterocycles. The van der Waals surface area contributed by atoms with Gasteiger partial charge in [0.05, 0.1) is 11.5 Å². The monoisotopic (exact) mass is 209 g/mol. The molecule has 0 aromatic carbocycles. The van der Waals surface area contributed by atoms with E-state index in [4.69, 9.17) is 11.0 Å². The lowest BCUT2D eigenvalue weighted by atomic mass is 9.83. The highest BCUT2D eigenvalue weighted by molar-refractivity contribution is 4.95. The van der Waals surface area contributed by atoms with E-state index in [0.29, 0.717) is 12.0 Å². The number of nitrogens with two attached hydrogens (primary N) is 1. The molecule has 0 amide bonds. The van der Waals surface area contributed by atoms with E-state index in [1.807, 2.05) is 13.8 Å². The third-order valence-corrected chi connectivity index (χ3v) is 3.32. The number of hydrogen-bond donors (Lipinski definition) is 2. The van der Waals surface area contributed by atoms with Gasteiger partial charge in [-0.2, -0.15) is 5.26 Å². The van der Waals surface area contributed by atoms with E-state index in [2.05, 4.69) is 11.4 Å². The number of rotatable bonds is 4. The highest BCUT2D eigenvalue weighted by atomic mass is 14.9. The van der Waals surface area contributed by atoms with Crippen LogP contribution in [0, 0.1) is 22.7 Å². The predicted molar refractivity (Wildman–Crippen MR) is 62.2 cm³/mol. The maximum absolute atomic E-state index is 8.93. The molecule has 15 heavy (non-hydrogen) atoms. The SMILES string of the molecule is CC(C)(C#N)CNC1CCCCC1CN. The molecule has 0 aliphatic heterocycles. The molecule has 1 aliphatic carbocycles. The maximum atomic E-state index is 8.93. The van der Waals surface area contributed by atoms with Crippen molar-refractivity contribution in [1.82, 2.24) is 5.32 Å². The van der Waals surface area contributed by atoms with Gasteiger partial charge in [0.1, 0.15) is 0 Å². The molecule has 0 aromatic rings. The molecule has 86 valence electrons. The van der Waals surface area contributed by atoms with Gasteiger partial charge in [0.25, 0.3) is 0 Å². The molecular weight excluding hydrogens is 186 g/mol. The minimum absolute atomic E-state index is 0.267. The summed E-state index contributed by atoms with van der Waals surface area (Å²) in [6, 6.07) is 2.84. The van der Waals surface area contributed by atoms with Gasteiger partial charge in [-0.15, -0.1) is 0 Å². The summed E-state index contributed by atoms with van der Waals surface area (Å²) < 4.78 is 0. The summed E-state index contributed by atoms with van der Waals surface area (Å²) in [7, 11) is 0. The van der Waals surface area contributed by atoms with Crippen molar-refractivity contribution in [3.63, 3.8) is 0 Å². The summed E-state index contributed by atoms with van der Waals surface area (Å²) in [5.74, 6) is 0.605. The molecular formula is C12H23N3. The van der Waals surface area contributed by atoms with Crippen molar-refractivity contribution < 1.29 is 0 Å². The van der Waals surface area contributed by atoms with Crippen LogP contribution >= 0.6 is 0 Å². The molecule has 3 N–H and O–H groups in total. The van der Waals surface area contributed by atoms with Crippen molar-refractivity contribution in [2.45, 2.75) is 45.6 Å². The average molecular weight is 209 g/mol. The summed E-state index contributed by atoms with van der Waals surface area (Å²) in [6.45, 7) is 5.48. The van der Waals surface area contributed by atoms with Crippen molar-refractivity contribution in [3.05, 3.63) is 0 Å². The van der Waals surface area contributed by atoms with Gasteiger partial charge < -0.3 is 11.1 Å². The van der Waals surface area contributed by atoms with Crippen molar-refractivity contribution in [3.8, 4) is 6.07 Å². The molecule has 0 radical (unpaired) electrons. The van der Waals surface area contributed by atoms with E-state index >= 15 is 0 Å². The molecule has 0 bridgehead atoms. The van der Waals surface area contributed by atoms with E-state index in [1.165, 1.54) is 25.7 Å². The highest BCUT2D eigenvalue weighted by Gasteiger charge is 2.26. The Morgan fingerprint density at radius 1 is 1.40 bits per heavy atom. The maximum Gasteiger partial charge on any atom is 0.0697 e. The summed E-state index contributed by atoms with van der Waals surface area (Å²) in [5, 5.41) is 12.4. The fourth-order valence-corrected chi connectivity index (χ4v) is 2.18. The quantitative estimate of drug-likeness (QED) is 0.740. The highest BCUT2D eigenvalue weighted by Crippen LogP contribution is 2.24. The number of nitriles is 1. The Bertz CT molecular complexity index is 230. The van der Waals surface area contributed by atoms with Gasteiger partial charge >= 0.3 is 0 Å². The first-order valence-corrected chi connectivity index (χ1v) is 5.94. The van der Waals surface area contributed by atoms with Crippen LogP contribution in [-0.2, 0) is 0 Å². The summed E-state index contributed by atoms with van der Waals surface area (Å²) >= 11 is 0. The van der Waals surface area contributed by atoms with E-state index in [0.717, 1.165) is 13.1 Å². The molecule has 0 spiro atoms. The van der Waals surface area contributed by atoms with E-state index < -0.39 is 0 Å². The first-order chi connectivity index (χ1) is 7.09. The van der Waals surface area contributed by atoms with Crippen LogP contribution in [0.3, 0.4) is 0 Å². The van der Waals surface area contributed by atoms with Gasteiger partial charge in [-0.05, 0) is 39.2 Å². The topological polar surface area (TPSA) is 61.8 Å². The van der Waals surface area contributed by atoms with Crippen molar-refractivity contribution in [1.29, 1.82) is 5.26 Å².